The van der Waals surface area contributed by atoms with Crippen LogP contribution in [0.2, 0.25) is 0 Å². The Morgan fingerprint density at radius 1 is 1.35 bits per heavy atom. The number of nitrogens with zero attached hydrogens (tertiary/aromatic N) is 1. The molecule has 0 N–H and O–H groups in total. The lowest BCUT2D eigenvalue weighted by atomic mass is 9.97. The van der Waals surface area contributed by atoms with Gasteiger partial charge in [0, 0.05) is 26.3 Å². The second-order valence-corrected chi connectivity index (χ2v) is 5.66. The molecule has 1 atom stereocenters. The Kier molecular flexibility index (Phi) is 6.77. The Morgan fingerprint density at radius 2 is 2.13 bits per heavy atom. The number of methoxy groups -OCH3 is 1. The van der Waals surface area contributed by atoms with Crippen LogP contribution in [0.1, 0.15) is 42.5 Å². The number of hydrogen-bond donors (Lipinski definition) is 0. The van der Waals surface area contributed by atoms with Crippen LogP contribution in [0.4, 0.5) is 8.78 Å². The number of carbonyl (C=O) groups excluding carboxylic acids is 1. The summed E-state index contributed by atoms with van der Waals surface area (Å²) in [4.78, 5) is 14.6. The molecule has 1 unspecified atom stereocenters. The summed E-state index contributed by atoms with van der Waals surface area (Å²) >= 11 is 0. The van der Waals surface area contributed by atoms with E-state index < -0.39 is 6.61 Å². The first-order valence-electron chi connectivity index (χ1n) is 7.97. The first-order chi connectivity index (χ1) is 11.1. The fraction of sp³-hybridized carbons (Fsp3) is 0.588. The third kappa shape index (κ3) is 4.89. The highest BCUT2D eigenvalue weighted by Crippen LogP contribution is 2.27. The van der Waals surface area contributed by atoms with E-state index in [4.69, 9.17) is 4.74 Å². The predicted octanol–water partition coefficient (Wildman–Crippen LogP) is 3.71. The van der Waals surface area contributed by atoms with Gasteiger partial charge in [0.25, 0.3) is 5.91 Å². The standard InChI is InChI=1S/C17H23F2NO3/c1-22-12-6-8-13-7-4-5-11-20(13)16(21)14-9-2-3-10-15(14)23-17(18)19/h2-3,9-10,13,17H,4-8,11-12H2,1H3. The highest BCUT2D eigenvalue weighted by Gasteiger charge is 2.29. The number of likely N-dealkylation sites (tertiary alicyclic amines) is 1. The zero-order valence-electron chi connectivity index (χ0n) is 13.3. The first kappa shape index (κ1) is 17.7. The summed E-state index contributed by atoms with van der Waals surface area (Å²) in [7, 11) is 1.65. The van der Waals surface area contributed by atoms with E-state index in [1.165, 1.54) is 6.07 Å². The Balaban J connectivity index is 2.13. The van der Waals surface area contributed by atoms with Crippen molar-refractivity contribution in [3.05, 3.63) is 29.8 Å². The molecule has 0 saturated carbocycles. The SMILES string of the molecule is COCCCC1CCCCN1C(=O)c1ccccc1OC(F)F. The third-order valence-electron chi connectivity index (χ3n) is 4.11. The number of rotatable bonds is 7. The number of para-hydroxylation sites is 1. The largest absolute Gasteiger partial charge is 0.434 e. The Bertz CT molecular complexity index is 510. The minimum Gasteiger partial charge on any atom is -0.434 e. The zero-order valence-corrected chi connectivity index (χ0v) is 13.3. The van der Waals surface area contributed by atoms with Crippen molar-refractivity contribution in [1.82, 2.24) is 4.90 Å². The van der Waals surface area contributed by atoms with Gasteiger partial charge < -0.3 is 14.4 Å². The molecule has 1 aliphatic rings. The molecule has 1 fully saturated rings. The third-order valence-corrected chi connectivity index (χ3v) is 4.11. The van der Waals surface area contributed by atoms with Gasteiger partial charge in [-0.15, -0.1) is 0 Å². The molecule has 0 aliphatic carbocycles. The number of carbonyl (C=O) groups is 1. The maximum atomic E-state index is 12.8. The molecule has 0 aromatic heterocycles. The van der Waals surface area contributed by atoms with Gasteiger partial charge in [0.15, 0.2) is 0 Å². The molecule has 1 amide bonds. The summed E-state index contributed by atoms with van der Waals surface area (Å²) in [5.74, 6) is -0.294. The molecule has 6 heteroatoms. The van der Waals surface area contributed by atoms with E-state index in [0.717, 1.165) is 32.1 Å². The smallest absolute Gasteiger partial charge is 0.387 e. The molecule has 1 aromatic carbocycles. The Hall–Kier alpha value is -1.69. The molecule has 2 rings (SSSR count). The van der Waals surface area contributed by atoms with Crippen molar-refractivity contribution in [2.24, 2.45) is 0 Å². The van der Waals surface area contributed by atoms with Crippen molar-refractivity contribution < 1.29 is 23.0 Å². The van der Waals surface area contributed by atoms with E-state index in [9.17, 15) is 13.6 Å². The topological polar surface area (TPSA) is 38.8 Å². The first-order valence-corrected chi connectivity index (χ1v) is 7.97. The summed E-state index contributed by atoms with van der Waals surface area (Å²) in [5, 5.41) is 0. The highest BCUT2D eigenvalue weighted by molar-refractivity contribution is 5.97. The van der Waals surface area contributed by atoms with Crippen LogP contribution < -0.4 is 4.74 Å². The van der Waals surface area contributed by atoms with Gasteiger partial charge in [-0.1, -0.05) is 12.1 Å². The average Bonchev–Trinajstić information content (AvgIpc) is 2.55. The van der Waals surface area contributed by atoms with Gasteiger partial charge in [-0.25, -0.2) is 0 Å². The van der Waals surface area contributed by atoms with E-state index in [2.05, 4.69) is 4.74 Å². The van der Waals surface area contributed by atoms with Gasteiger partial charge in [0.2, 0.25) is 0 Å². The fourth-order valence-corrected chi connectivity index (χ4v) is 3.03. The second kappa shape index (κ2) is 8.82. The predicted molar refractivity (Wildman–Crippen MR) is 82.9 cm³/mol. The van der Waals surface area contributed by atoms with E-state index in [1.54, 1.807) is 30.2 Å². The van der Waals surface area contributed by atoms with Crippen molar-refractivity contribution in [2.75, 3.05) is 20.3 Å². The minimum atomic E-state index is -2.94. The Morgan fingerprint density at radius 3 is 2.87 bits per heavy atom. The zero-order chi connectivity index (χ0) is 16.7. The molecule has 1 heterocycles. The van der Waals surface area contributed by atoms with E-state index in [1.807, 2.05) is 0 Å². The molecule has 23 heavy (non-hydrogen) atoms. The monoisotopic (exact) mass is 327 g/mol. The normalized spacial score (nSPS) is 18.3. The van der Waals surface area contributed by atoms with Gasteiger partial charge in [0.1, 0.15) is 5.75 Å². The Labute approximate surface area is 135 Å². The summed E-state index contributed by atoms with van der Waals surface area (Å²) in [6.45, 7) is -1.63. The summed E-state index contributed by atoms with van der Waals surface area (Å²) in [5.41, 5.74) is 0.200. The van der Waals surface area contributed by atoms with Crippen LogP contribution in [0.5, 0.6) is 5.75 Å². The van der Waals surface area contributed by atoms with Crippen LogP contribution in [-0.2, 0) is 4.74 Å². The van der Waals surface area contributed by atoms with Crippen molar-refractivity contribution in [3.63, 3.8) is 0 Å². The molecule has 128 valence electrons. The highest BCUT2D eigenvalue weighted by atomic mass is 19.3. The number of piperidine rings is 1. The molecule has 1 aliphatic heterocycles. The lowest BCUT2D eigenvalue weighted by Crippen LogP contribution is -2.44. The van der Waals surface area contributed by atoms with Crippen LogP contribution >= 0.6 is 0 Å². The molecule has 0 bridgehead atoms. The summed E-state index contributed by atoms with van der Waals surface area (Å²) < 4.78 is 34.6. The van der Waals surface area contributed by atoms with E-state index in [0.29, 0.717) is 13.2 Å². The fourth-order valence-electron chi connectivity index (χ4n) is 3.03. The van der Waals surface area contributed by atoms with Crippen LogP contribution in [0.25, 0.3) is 0 Å². The molecule has 0 spiro atoms. The number of ether oxygens (including phenoxy) is 2. The van der Waals surface area contributed by atoms with Crippen LogP contribution in [-0.4, -0.2) is 43.7 Å². The van der Waals surface area contributed by atoms with Crippen LogP contribution in [0.3, 0.4) is 0 Å². The molecular formula is C17H23F2NO3. The van der Waals surface area contributed by atoms with Crippen molar-refractivity contribution in [2.45, 2.75) is 44.8 Å². The average molecular weight is 327 g/mol. The number of halogens is 2. The number of alkyl halides is 2. The lowest BCUT2D eigenvalue weighted by molar-refractivity contribution is -0.0503. The lowest BCUT2D eigenvalue weighted by Gasteiger charge is -2.36. The van der Waals surface area contributed by atoms with Crippen molar-refractivity contribution in [1.29, 1.82) is 0 Å². The van der Waals surface area contributed by atoms with E-state index in [-0.39, 0.29) is 23.3 Å². The molecule has 4 nitrogen and oxygen atoms in total. The van der Waals surface area contributed by atoms with Gasteiger partial charge in [-0.2, -0.15) is 8.78 Å². The molecular weight excluding hydrogens is 304 g/mol. The van der Waals surface area contributed by atoms with Crippen LogP contribution in [0, 0.1) is 0 Å². The molecule has 0 radical (unpaired) electrons. The number of amides is 1. The van der Waals surface area contributed by atoms with Gasteiger partial charge >= 0.3 is 6.61 Å². The minimum absolute atomic E-state index is 0.0614. The summed E-state index contributed by atoms with van der Waals surface area (Å²) in [6, 6.07) is 6.33. The van der Waals surface area contributed by atoms with Gasteiger partial charge in [0.05, 0.1) is 5.56 Å². The van der Waals surface area contributed by atoms with Gasteiger partial charge in [-0.3, -0.25) is 4.79 Å². The molecule has 1 saturated heterocycles. The second-order valence-electron chi connectivity index (χ2n) is 5.66. The maximum absolute atomic E-state index is 12.8. The van der Waals surface area contributed by atoms with Gasteiger partial charge in [-0.05, 0) is 44.2 Å². The number of hydrogen-bond acceptors (Lipinski definition) is 3. The summed E-state index contributed by atoms with van der Waals surface area (Å²) in [6.07, 6.45) is 4.69. The maximum Gasteiger partial charge on any atom is 0.387 e. The van der Waals surface area contributed by atoms with E-state index >= 15 is 0 Å². The number of benzene rings is 1. The van der Waals surface area contributed by atoms with Crippen molar-refractivity contribution >= 4 is 5.91 Å². The van der Waals surface area contributed by atoms with Crippen LogP contribution in [0.15, 0.2) is 24.3 Å². The van der Waals surface area contributed by atoms with Crippen molar-refractivity contribution in [3.8, 4) is 5.75 Å². The quantitative estimate of drug-likeness (QED) is 0.717. The molecule has 1 aromatic rings.